The molecule has 0 N–H and O–H groups in total. The van der Waals surface area contributed by atoms with E-state index in [-0.39, 0.29) is 0 Å². The van der Waals surface area contributed by atoms with Gasteiger partial charge in [-0.1, -0.05) is 0 Å². The number of unbranched alkanes of at least 4 members (excludes halogenated alkanes) is 1. The van der Waals surface area contributed by atoms with Crippen LogP contribution in [0.1, 0.15) is 18.6 Å². The van der Waals surface area contributed by atoms with Gasteiger partial charge >= 0.3 is 0 Å². The Morgan fingerprint density at radius 2 is 2.29 bits per heavy atom. The molecule has 1 heterocycles. The second-order valence-electron chi connectivity index (χ2n) is 3.09. The largest absolute Gasteiger partial charge is 0.468 e. The summed E-state index contributed by atoms with van der Waals surface area (Å²) in [5, 5.41) is 0. The van der Waals surface area contributed by atoms with Crippen molar-refractivity contribution in [3.05, 3.63) is 18.1 Å². The number of furan rings is 1. The summed E-state index contributed by atoms with van der Waals surface area (Å²) in [5.41, 5.74) is 0. The van der Waals surface area contributed by atoms with Crippen LogP contribution < -0.4 is 0 Å². The molecule has 1 rings (SSSR count). The first-order valence-electron chi connectivity index (χ1n) is 4.67. The lowest BCUT2D eigenvalue weighted by molar-refractivity contribution is 0.194. The minimum Gasteiger partial charge on any atom is -0.468 e. The van der Waals surface area contributed by atoms with Crippen LogP contribution in [0.25, 0.3) is 0 Å². The van der Waals surface area contributed by atoms with E-state index in [9.17, 15) is 4.21 Å². The van der Waals surface area contributed by atoms with Gasteiger partial charge in [0.1, 0.15) is 5.76 Å². The fraction of sp³-hybridized carbons (Fsp3) is 0.600. The molecule has 0 amide bonds. The van der Waals surface area contributed by atoms with Crippen LogP contribution in [0.15, 0.2) is 21.6 Å². The van der Waals surface area contributed by atoms with Gasteiger partial charge in [-0.25, -0.2) is 0 Å². The van der Waals surface area contributed by atoms with Gasteiger partial charge in [-0.3, -0.25) is 4.21 Å². The third-order valence-corrected chi connectivity index (χ3v) is 3.56. The van der Waals surface area contributed by atoms with Crippen molar-refractivity contribution in [2.45, 2.75) is 24.7 Å². The van der Waals surface area contributed by atoms with Crippen molar-refractivity contribution in [3.8, 4) is 0 Å². The second kappa shape index (κ2) is 5.98. The summed E-state index contributed by atoms with van der Waals surface area (Å²) in [5.74, 6) is 1.44. The second-order valence-corrected chi connectivity index (χ2v) is 4.63. The van der Waals surface area contributed by atoms with E-state index in [0.29, 0.717) is 5.75 Å². The van der Waals surface area contributed by atoms with Crippen LogP contribution >= 0.6 is 0 Å². The molecular formula is C10H16O3S. The van der Waals surface area contributed by atoms with Gasteiger partial charge in [-0.05, 0) is 25.8 Å². The molecule has 1 aromatic heterocycles. The Balaban J connectivity index is 2.32. The molecule has 0 unspecified atom stereocenters. The van der Waals surface area contributed by atoms with Crippen molar-refractivity contribution < 1.29 is 13.4 Å². The molecule has 3 nitrogen and oxygen atoms in total. The summed E-state index contributed by atoms with van der Waals surface area (Å²) >= 11 is 0. The Labute approximate surface area is 86.9 Å². The average molecular weight is 216 g/mol. The van der Waals surface area contributed by atoms with Gasteiger partial charge in [-0.2, -0.15) is 0 Å². The lowest BCUT2D eigenvalue weighted by Gasteiger charge is -2.00. The Morgan fingerprint density at radius 3 is 2.86 bits per heavy atom. The fourth-order valence-electron chi connectivity index (χ4n) is 1.20. The maximum atomic E-state index is 11.7. The third kappa shape index (κ3) is 3.27. The van der Waals surface area contributed by atoms with Crippen LogP contribution in [0.2, 0.25) is 0 Å². The lowest BCUT2D eigenvalue weighted by Crippen LogP contribution is -2.00. The molecule has 0 saturated heterocycles. The van der Waals surface area contributed by atoms with Crippen molar-refractivity contribution in [3.63, 3.8) is 0 Å². The molecule has 14 heavy (non-hydrogen) atoms. The predicted octanol–water partition coefficient (Wildman–Crippen LogP) is 2.12. The molecule has 0 spiro atoms. The number of ether oxygens (including phenoxy) is 1. The molecule has 80 valence electrons. The van der Waals surface area contributed by atoms with Gasteiger partial charge in [0.25, 0.3) is 0 Å². The first-order chi connectivity index (χ1) is 6.75. The van der Waals surface area contributed by atoms with Gasteiger partial charge in [0.15, 0.2) is 0 Å². The maximum absolute atomic E-state index is 11.7. The molecule has 0 radical (unpaired) electrons. The van der Waals surface area contributed by atoms with Gasteiger partial charge < -0.3 is 9.15 Å². The molecule has 0 aliphatic carbocycles. The number of hydrogen-bond donors (Lipinski definition) is 0. The van der Waals surface area contributed by atoms with E-state index in [4.69, 9.17) is 9.15 Å². The van der Waals surface area contributed by atoms with E-state index in [1.807, 2.05) is 6.92 Å². The minimum absolute atomic E-state index is 0.684. The van der Waals surface area contributed by atoms with Gasteiger partial charge in [0.05, 0.1) is 22.0 Å². The molecule has 4 heteroatoms. The first-order valence-corrected chi connectivity index (χ1v) is 5.99. The summed E-state index contributed by atoms with van der Waals surface area (Å²) in [6.45, 7) is 2.57. The van der Waals surface area contributed by atoms with Crippen LogP contribution in [0.4, 0.5) is 0 Å². The van der Waals surface area contributed by atoms with Crippen LogP contribution in [0.3, 0.4) is 0 Å². The Hall–Kier alpha value is -0.610. The number of methoxy groups -OCH3 is 1. The molecule has 0 fully saturated rings. The number of aryl methyl sites for hydroxylation is 1. The highest BCUT2D eigenvalue weighted by Crippen LogP contribution is 2.14. The molecule has 1 aromatic rings. The molecule has 0 saturated carbocycles. The van der Waals surface area contributed by atoms with Gasteiger partial charge in [-0.15, -0.1) is 0 Å². The third-order valence-electron chi connectivity index (χ3n) is 1.98. The Kier molecular flexibility index (Phi) is 4.90. The zero-order valence-corrected chi connectivity index (χ0v) is 9.43. The standard InChI is InChI=1S/C10H16O3S/c1-9-10(5-7-13-9)14(11)8-4-3-6-12-2/h5,7H,3-4,6,8H2,1-2H3/t14-/m1/s1. The number of hydrogen-bond acceptors (Lipinski definition) is 3. The molecule has 0 aliphatic heterocycles. The fourth-order valence-corrected chi connectivity index (χ4v) is 2.46. The summed E-state index contributed by atoms with van der Waals surface area (Å²) < 4.78 is 21.7. The van der Waals surface area contributed by atoms with Crippen LogP contribution in [0, 0.1) is 6.92 Å². The topological polar surface area (TPSA) is 39.4 Å². The van der Waals surface area contributed by atoms with E-state index in [1.54, 1.807) is 19.4 Å². The van der Waals surface area contributed by atoms with Crippen molar-refractivity contribution >= 4 is 10.8 Å². The van der Waals surface area contributed by atoms with E-state index in [2.05, 4.69) is 0 Å². The van der Waals surface area contributed by atoms with E-state index < -0.39 is 10.8 Å². The zero-order valence-electron chi connectivity index (χ0n) is 8.62. The summed E-state index contributed by atoms with van der Waals surface area (Å²) in [6, 6.07) is 1.78. The van der Waals surface area contributed by atoms with E-state index in [1.165, 1.54) is 0 Å². The Bertz CT molecular complexity index is 293. The van der Waals surface area contributed by atoms with Gasteiger partial charge in [0, 0.05) is 19.5 Å². The van der Waals surface area contributed by atoms with Crippen LogP contribution in [-0.2, 0) is 15.5 Å². The van der Waals surface area contributed by atoms with E-state index in [0.717, 1.165) is 30.1 Å². The highest BCUT2D eigenvalue weighted by Gasteiger charge is 2.08. The highest BCUT2D eigenvalue weighted by molar-refractivity contribution is 7.85. The van der Waals surface area contributed by atoms with Crippen molar-refractivity contribution in [1.82, 2.24) is 0 Å². The SMILES string of the molecule is COCCCC[S@@](=O)c1ccoc1C. The van der Waals surface area contributed by atoms with E-state index >= 15 is 0 Å². The van der Waals surface area contributed by atoms with Crippen molar-refractivity contribution in [1.29, 1.82) is 0 Å². The number of rotatable bonds is 6. The molecule has 0 aromatic carbocycles. The summed E-state index contributed by atoms with van der Waals surface area (Å²) in [6.07, 6.45) is 3.46. The average Bonchev–Trinajstić information content (AvgIpc) is 2.59. The molecule has 0 bridgehead atoms. The zero-order chi connectivity index (χ0) is 10.4. The van der Waals surface area contributed by atoms with Crippen LogP contribution in [-0.4, -0.2) is 23.7 Å². The molecular weight excluding hydrogens is 200 g/mol. The van der Waals surface area contributed by atoms with Crippen molar-refractivity contribution in [2.24, 2.45) is 0 Å². The van der Waals surface area contributed by atoms with Crippen molar-refractivity contribution in [2.75, 3.05) is 19.5 Å². The highest BCUT2D eigenvalue weighted by atomic mass is 32.2. The van der Waals surface area contributed by atoms with Gasteiger partial charge in [0.2, 0.25) is 0 Å². The lowest BCUT2D eigenvalue weighted by atomic mass is 10.4. The first kappa shape index (κ1) is 11.5. The Morgan fingerprint density at radius 1 is 1.50 bits per heavy atom. The summed E-state index contributed by atoms with van der Waals surface area (Å²) in [7, 11) is 0.761. The maximum Gasteiger partial charge on any atom is 0.116 e. The smallest absolute Gasteiger partial charge is 0.116 e. The minimum atomic E-state index is -0.917. The monoisotopic (exact) mass is 216 g/mol. The van der Waals surface area contributed by atoms with Crippen LogP contribution in [0.5, 0.6) is 0 Å². The molecule has 1 atom stereocenters. The molecule has 0 aliphatic rings. The predicted molar refractivity (Wildman–Crippen MR) is 55.8 cm³/mol. The normalized spacial score (nSPS) is 13.0. The summed E-state index contributed by atoms with van der Waals surface area (Å²) in [4.78, 5) is 0.822. The quantitative estimate of drug-likeness (QED) is 0.684.